The van der Waals surface area contributed by atoms with Crippen molar-refractivity contribution in [1.29, 1.82) is 0 Å². The lowest BCUT2D eigenvalue weighted by molar-refractivity contribution is -0.136. The Morgan fingerprint density at radius 1 is 0.963 bits per heavy atom. The van der Waals surface area contributed by atoms with E-state index in [2.05, 4.69) is 5.43 Å². The lowest BCUT2D eigenvalue weighted by atomic mass is 10.1. The van der Waals surface area contributed by atoms with Crippen LogP contribution in [0.1, 0.15) is 5.56 Å². The standard InChI is InChI=1S/C15H12F5N3O3S/c16-13(17)27(25,26)10-7-5-9(6-8-10)22-23-14(24)21-12-4-2-1-3-11(12)15(18,19)20/h1-8,13,22H,(H2,21,23,24). The number of amides is 2. The molecule has 0 aliphatic rings. The summed E-state index contributed by atoms with van der Waals surface area (Å²) in [5, 5.41) is 2.01. The van der Waals surface area contributed by atoms with Crippen LogP contribution in [-0.4, -0.2) is 20.2 Å². The maximum atomic E-state index is 12.9. The van der Waals surface area contributed by atoms with Crippen LogP contribution in [0.5, 0.6) is 0 Å². The van der Waals surface area contributed by atoms with Crippen LogP contribution in [0.4, 0.5) is 38.1 Å². The van der Waals surface area contributed by atoms with Crippen molar-refractivity contribution in [3.05, 3.63) is 54.1 Å². The van der Waals surface area contributed by atoms with Gasteiger partial charge in [-0.1, -0.05) is 12.1 Å². The molecule has 0 saturated carbocycles. The Morgan fingerprint density at radius 3 is 2.11 bits per heavy atom. The van der Waals surface area contributed by atoms with Crippen molar-refractivity contribution >= 4 is 27.2 Å². The zero-order chi connectivity index (χ0) is 20.2. The van der Waals surface area contributed by atoms with Crippen LogP contribution >= 0.6 is 0 Å². The van der Waals surface area contributed by atoms with E-state index in [9.17, 15) is 35.2 Å². The molecule has 0 radical (unpaired) electrons. The van der Waals surface area contributed by atoms with Gasteiger partial charge in [-0.15, -0.1) is 0 Å². The number of nitrogens with one attached hydrogen (secondary N) is 3. The third kappa shape index (κ3) is 5.06. The Hall–Kier alpha value is -2.89. The number of urea groups is 1. The zero-order valence-electron chi connectivity index (χ0n) is 13.2. The van der Waals surface area contributed by atoms with Gasteiger partial charge in [0.15, 0.2) is 0 Å². The van der Waals surface area contributed by atoms with Crippen molar-refractivity contribution in [3.63, 3.8) is 0 Å². The van der Waals surface area contributed by atoms with E-state index in [0.717, 1.165) is 36.4 Å². The van der Waals surface area contributed by atoms with E-state index in [1.807, 2.05) is 10.7 Å². The third-order valence-electron chi connectivity index (χ3n) is 3.22. The molecule has 0 atom stereocenters. The number of carbonyl (C=O) groups is 1. The van der Waals surface area contributed by atoms with E-state index < -0.39 is 43.9 Å². The van der Waals surface area contributed by atoms with Crippen LogP contribution in [0.15, 0.2) is 53.4 Å². The highest BCUT2D eigenvalue weighted by atomic mass is 32.2. The van der Waals surface area contributed by atoms with Crippen LogP contribution in [0, 0.1) is 0 Å². The van der Waals surface area contributed by atoms with Crippen molar-refractivity contribution in [2.24, 2.45) is 0 Å². The number of alkyl halides is 5. The number of para-hydroxylation sites is 1. The quantitative estimate of drug-likeness (QED) is 0.517. The van der Waals surface area contributed by atoms with Gasteiger partial charge >= 0.3 is 18.0 Å². The monoisotopic (exact) mass is 409 g/mol. The summed E-state index contributed by atoms with van der Waals surface area (Å²) in [4.78, 5) is 11.1. The van der Waals surface area contributed by atoms with Gasteiger partial charge in [0, 0.05) is 0 Å². The van der Waals surface area contributed by atoms with Crippen molar-refractivity contribution in [3.8, 4) is 0 Å². The summed E-state index contributed by atoms with van der Waals surface area (Å²) >= 11 is 0. The Kier molecular flexibility index (Phi) is 5.88. The number of halogens is 5. The Bertz CT molecular complexity index is 915. The van der Waals surface area contributed by atoms with Gasteiger partial charge in [0.2, 0.25) is 9.84 Å². The number of sulfone groups is 1. The first kappa shape index (κ1) is 20.4. The topological polar surface area (TPSA) is 87.3 Å². The Balaban J connectivity index is 2.01. The minimum absolute atomic E-state index is 0.113. The first-order chi connectivity index (χ1) is 12.5. The molecule has 12 heteroatoms. The zero-order valence-corrected chi connectivity index (χ0v) is 14.0. The molecule has 0 aliphatic heterocycles. The van der Waals surface area contributed by atoms with Gasteiger partial charge in [-0.3, -0.25) is 10.9 Å². The molecule has 27 heavy (non-hydrogen) atoms. The molecule has 0 aliphatic carbocycles. The third-order valence-corrected chi connectivity index (χ3v) is 4.62. The van der Waals surface area contributed by atoms with E-state index in [1.54, 1.807) is 0 Å². The molecule has 0 saturated heterocycles. The van der Waals surface area contributed by atoms with Gasteiger partial charge in [-0.2, -0.15) is 22.0 Å². The summed E-state index contributed by atoms with van der Waals surface area (Å²) in [5.74, 6) is -3.58. The van der Waals surface area contributed by atoms with Crippen molar-refractivity contribution in [1.82, 2.24) is 5.43 Å². The maximum absolute atomic E-state index is 12.9. The SMILES string of the molecule is O=C(NNc1ccc(S(=O)(=O)C(F)F)cc1)Nc1ccccc1C(F)(F)F. The Labute approximate surface area is 150 Å². The number of anilines is 2. The molecule has 2 aromatic carbocycles. The first-order valence-corrected chi connectivity index (χ1v) is 8.68. The van der Waals surface area contributed by atoms with E-state index in [4.69, 9.17) is 0 Å². The van der Waals surface area contributed by atoms with Crippen LogP contribution in [0.2, 0.25) is 0 Å². The van der Waals surface area contributed by atoms with E-state index in [-0.39, 0.29) is 5.69 Å². The Morgan fingerprint density at radius 2 is 1.56 bits per heavy atom. The van der Waals surface area contributed by atoms with Gasteiger partial charge in [0.05, 0.1) is 21.8 Å². The molecule has 0 bridgehead atoms. The fraction of sp³-hybridized carbons (Fsp3) is 0.133. The smallest absolute Gasteiger partial charge is 0.306 e. The highest BCUT2D eigenvalue weighted by Crippen LogP contribution is 2.34. The second-order valence-corrected chi connectivity index (χ2v) is 7.00. The van der Waals surface area contributed by atoms with E-state index in [1.165, 1.54) is 12.1 Å². The number of hydrogen-bond acceptors (Lipinski definition) is 4. The molecule has 2 amide bonds. The average molecular weight is 409 g/mol. The minimum Gasteiger partial charge on any atom is -0.306 e. The maximum Gasteiger partial charge on any atom is 0.418 e. The second kappa shape index (κ2) is 7.78. The first-order valence-electron chi connectivity index (χ1n) is 7.13. The lowest BCUT2D eigenvalue weighted by Gasteiger charge is -2.14. The molecule has 0 fully saturated rings. The largest absolute Gasteiger partial charge is 0.418 e. The van der Waals surface area contributed by atoms with Gasteiger partial charge < -0.3 is 5.32 Å². The highest BCUT2D eigenvalue weighted by Gasteiger charge is 2.33. The molecule has 0 spiro atoms. The predicted octanol–water partition coefficient (Wildman–Crippen LogP) is 3.85. The summed E-state index contributed by atoms with van der Waals surface area (Å²) in [6.07, 6.45) is -4.66. The molecule has 0 unspecified atom stereocenters. The van der Waals surface area contributed by atoms with Crippen molar-refractivity contribution < 1.29 is 35.2 Å². The number of rotatable bonds is 5. The van der Waals surface area contributed by atoms with E-state index in [0.29, 0.717) is 0 Å². The summed E-state index contributed by atoms with van der Waals surface area (Å²) in [5.41, 5.74) is 2.95. The number of hydrogen-bond donors (Lipinski definition) is 3. The second-order valence-electron chi connectivity index (χ2n) is 5.08. The summed E-state index contributed by atoms with van der Waals surface area (Å²) in [6.45, 7) is 0. The number of carbonyl (C=O) groups excluding carboxylic acids is 1. The molecule has 6 nitrogen and oxygen atoms in total. The number of hydrazine groups is 1. The van der Waals surface area contributed by atoms with Gasteiger partial charge in [0.1, 0.15) is 0 Å². The molecular formula is C15H12F5N3O3S. The molecular weight excluding hydrogens is 397 g/mol. The van der Waals surface area contributed by atoms with Gasteiger partial charge in [-0.05, 0) is 36.4 Å². The van der Waals surface area contributed by atoms with Crippen LogP contribution < -0.4 is 16.2 Å². The summed E-state index contributed by atoms with van der Waals surface area (Å²) in [6, 6.07) is 7.27. The predicted molar refractivity (Wildman–Crippen MR) is 86.9 cm³/mol. The lowest BCUT2D eigenvalue weighted by Crippen LogP contribution is -2.34. The van der Waals surface area contributed by atoms with Gasteiger partial charge in [-0.25, -0.2) is 13.2 Å². The fourth-order valence-electron chi connectivity index (χ4n) is 1.95. The minimum atomic E-state index is -4.75. The molecule has 146 valence electrons. The molecule has 3 N–H and O–H groups in total. The van der Waals surface area contributed by atoms with Crippen LogP contribution in [0.3, 0.4) is 0 Å². The molecule has 0 heterocycles. The van der Waals surface area contributed by atoms with E-state index >= 15 is 0 Å². The average Bonchev–Trinajstić information content (AvgIpc) is 2.59. The fourth-order valence-corrected chi connectivity index (χ4v) is 2.67. The van der Waals surface area contributed by atoms with Crippen LogP contribution in [-0.2, 0) is 16.0 Å². The molecule has 2 aromatic rings. The normalized spacial score (nSPS) is 11.9. The van der Waals surface area contributed by atoms with Crippen LogP contribution in [0.25, 0.3) is 0 Å². The highest BCUT2D eigenvalue weighted by molar-refractivity contribution is 7.91. The summed E-state index contributed by atoms with van der Waals surface area (Å²) < 4.78 is 86.0. The molecule has 2 rings (SSSR count). The number of benzene rings is 2. The van der Waals surface area contributed by atoms with Crippen molar-refractivity contribution in [2.75, 3.05) is 10.7 Å². The molecule has 0 aromatic heterocycles. The summed E-state index contributed by atoms with van der Waals surface area (Å²) in [7, 11) is -4.75. The van der Waals surface area contributed by atoms with Gasteiger partial charge in [0.25, 0.3) is 0 Å². The van der Waals surface area contributed by atoms with Crippen molar-refractivity contribution in [2.45, 2.75) is 16.8 Å².